The van der Waals surface area contributed by atoms with E-state index in [9.17, 15) is 28.8 Å². The molecule has 0 aromatic carbocycles. The van der Waals surface area contributed by atoms with Crippen molar-refractivity contribution >= 4 is 35.4 Å². The van der Waals surface area contributed by atoms with Crippen LogP contribution < -0.4 is 0 Å². The Morgan fingerprint density at radius 3 is 1.49 bits per heavy atom. The number of ether oxygens (including phenoxy) is 3. The van der Waals surface area contributed by atoms with Gasteiger partial charge >= 0.3 is 23.9 Å². The van der Waals surface area contributed by atoms with Crippen molar-refractivity contribution in [3.8, 4) is 0 Å². The molecule has 0 fully saturated rings. The molecule has 0 aromatic rings. The smallest absolute Gasteiger partial charge is 0.374 e. The Bertz CT molecular complexity index is 1110. The maximum atomic E-state index is 11.3. The Kier molecular flexibility index (Phi) is 34.1. The van der Waals surface area contributed by atoms with Crippen LogP contribution in [0.15, 0.2) is 34.9 Å². The minimum Gasteiger partial charge on any atom is -0.476 e. The Morgan fingerprint density at radius 1 is 0.647 bits per heavy atom. The number of carbonyl (C=O) groups excluding carboxylic acids is 5. The molecule has 0 aliphatic rings. The zero-order chi connectivity index (χ0) is 39.8. The quantitative estimate of drug-likeness (QED) is 0.0336. The third-order valence-corrected chi connectivity index (χ3v) is 8.28. The number of esters is 3. The molecular weight excluding hydrogens is 652 g/mol. The topological polar surface area (TPSA) is 150 Å². The van der Waals surface area contributed by atoms with Gasteiger partial charge in [0, 0.05) is 13.3 Å². The first-order valence-corrected chi connectivity index (χ1v) is 18.8. The van der Waals surface area contributed by atoms with Crippen LogP contribution in [-0.2, 0) is 43.0 Å². The highest BCUT2D eigenvalue weighted by Crippen LogP contribution is 2.19. The predicted octanol–water partition coefficient (Wildman–Crippen LogP) is 9.34. The minimum atomic E-state index is -1.31. The maximum Gasteiger partial charge on any atom is 0.374 e. The molecule has 0 saturated carbocycles. The first-order chi connectivity index (χ1) is 24.0. The lowest BCUT2D eigenvalue weighted by Crippen LogP contribution is -2.15. The Labute approximate surface area is 308 Å². The summed E-state index contributed by atoms with van der Waals surface area (Å²) < 4.78 is 14.5. The molecule has 10 nitrogen and oxygen atoms in total. The summed E-state index contributed by atoms with van der Waals surface area (Å²) in [6, 6.07) is 0. The van der Waals surface area contributed by atoms with Gasteiger partial charge in [-0.2, -0.15) is 0 Å². The number of hydrogen-bond donors (Lipinski definition) is 1. The summed E-state index contributed by atoms with van der Waals surface area (Å²) in [6.07, 6.45) is 15.8. The van der Waals surface area contributed by atoms with Crippen LogP contribution in [0.25, 0.3) is 0 Å². The van der Waals surface area contributed by atoms with Gasteiger partial charge in [0.05, 0.1) is 19.8 Å². The third-order valence-electron chi connectivity index (χ3n) is 8.28. The molecule has 10 heteroatoms. The van der Waals surface area contributed by atoms with Crippen molar-refractivity contribution in [2.75, 3.05) is 19.8 Å². The van der Waals surface area contributed by atoms with Gasteiger partial charge in [-0.25, -0.2) is 9.59 Å². The molecule has 0 bridgehead atoms. The van der Waals surface area contributed by atoms with Crippen molar-refractivity contribution < 1.29 is 48.1 Å². The molecule has 294 valence electrons. The number of hydrogen-bond acceptors (Lipinski definition) is 9. The second-order valence-electron chi connectivity index (χ2n) is 12.8. The van der Waals surface area contributed by atoms with Gasteiger partial charge in [-0.05, 0) is 103 Å². The van der Waals surface area contributed by atoms with Gasteiger partial charge in [-0.1, -0.05) is 83.4 Å². The molecule has 0 aliphatic heterocycles. The average molecular weight is 723 g/mol. The van der Waals surface area contributed by atoms with Crippen molar-refractivity contribution in [1.29, 1.82) is 0 Å². The van der Waals surface area contributed by atoms with E-state index in [0.717, 1.165) is 57.8 Å². The summed E-state index contributed by atoms with van der Waals surface area (Å²) in [5, 5.41) is 8.41. The SMILES string of the molecule is CC=C(CC)CC(C)CCOC(=O)C(C)=O.CC=C(CC)CC(C)CCOC(=O)CC(=O)OCC.CCC(=CC(C)CCCC(=O)C(=O)O)CC. The van der Waals surface area contributed by atoms with E-state index in [-0.39, 0.29) is 19.4 Å². The fourth-order valence-electron chi connectivity index (χ4n) is 4.90. The van der Waals surface area contributed by atoms with Crippen molar-refractivity contribution in [2.45, 2.75) is 153 Å². The monoisotopic (exact) mass is 722 g/mol. The molecule has 3 unspecified atom stereocenters. The Morgan fingerprint density at radius 2 is 1.10 bits per heavy atom. The summed E-state index contributed by atoms with van der Waals surface area (Å²) in [5.74, 6) is -2.91. The number of carbonyl (C=O) groups is 6. The van der Waals surface area contributed by atoms with Gasteiger partial charge in [0.15, 0.2) is 0 Å². The first kappa shape index (κ1) is 51.8. The van der Waals surface area contributed by atoms with Crippen LogP contribution in [0.3, 0.4) is 0 Å². The summed E-state index contributed by atoms with van der Waals surface area (Å²) in [5.41, 5.74) is 4.27. The average Bonchev–Trinajstić information content (AvgIpc) is 3.08. The number of carboxylic acids is 1. The van der Waals surface area contributed by atoms with Crippen LogP contribution in [0.4, 0.5) is 0 Å². The number of carboxylic acid groups (broad SMARTS) is 1. The molecule has 0 rings (SSSR count). The molecule has 0 saturated heterocycles. The van der Waals surface area contributed by atoms with Crippen molar-refractivity contribution in [2.24, 2.45) is 17.8 Å². The summed E-state index contributed by atoms with van der Waals surface area (Å²) >= 11 is 0. The van der Waals surface area contributed by atoms with Crippen molar-refractivity contribution in [1.82, 2.24) is 0 Å². The van der Waals surface area contributed by atoms with E-state index in [1.165, 1.54) is 23.6 Å². The van der Waals surface area contributed by atoms with E-state index in [1.54, 1.807) is 6.92 Å². The fourth-order valence-corrected chi connectivity index (χ4v) is 4.90. The lowest BCUT2D eigenvalue weighted by atomic mass is 9.97. The molecule has 51 heavy (non-hydrogen) atoms. The maximum absolute atomic E-state index is 11.3. The molecule has 3 atom stereocenters. The van der Waals surface area contributed by atoms with E-state index < -0.39 is 35.4 Å². The molecule has 0 radical (unpaired) electrons. The minimum absolute atomic E-state index is 0.154. The highest BCUT2D eigenvalue weighted by molar-refractivity contribution is 6.32. The summed E-state index contributed by atoms with van der Waals surface area (Å²) in [7, 11) is 0. The van der Waals surface area contributed by atoms with Crippen LogP contribution >= 0.6 is 0 Å². The van der Waals surface area contributed by atoms with E-state index in [4.69, 9.17) is 14.6 Å². The van der Waals surface area contributed by atoms with Gasteiger partial charge < -0.3 is 19.3 Å². The summed E-state index contributed by atoms with van der Waals surface area (Å²) in [4.78, 5) is 65.0. The van der Waals surface area contributed by atoms with E-state index in [1.807, 2.05) is 13.8 Å². The van der Waals surface area contributed by atoms with E-state index in [0.29, 0.717) is 37.4 Å². The number of ketones is 2. The predicted molar refractivity (Wildman–Crippen MR) is 203 cm³/mol. The number of rotatable bonds is 24. The van der Waals surface area contributed by atoms with E-state index >= 15 is 0 Å². The molecule has 0 amide bonds. The Balaban J connectivity index is -0.000000681. The van der Waals surface area contributed by atoms with Crippen LogP contribution in [0.2, 0.25) is 0 Å². The van der Waals surface area contributed by atoms with Gasteiger partial charge in [-0.3, -0.25) is 19.2 Å². The molecule has 0 aliphatic carbocycles. The molecule has 0 heterocycles. The lowest BCUT2D eigenvalue weighted by Gasteiger charge is -2.13. The normalized spacial score (nSPS) is 12.8. The van der Waals surface area contributed by atoms with Gasteiger partial charge in [0.2, 0.25) is 11.6 Å². The highest BCUT2D eigenvalue weighted by Gasteiger charge is 2.13. The van der Waals surface area contributed by atoms with Crippen LogP contribution in [0.1, 0.15) is 153 Å². The second-order valence-corrected chi connectivity index (χ2v) is 12.8. The van der Waals surface area contributed by atoms with Gasteiger partial charge in [0.1, 0.15) is 6.42 Å². The van der Waals surface area contributed by atoms with Crippen LogP contribution in [0.5, 0.6) is 0 Å². The lowest BCUT2D eigenvalue weighted by molar-refractivity contribution is -0.154. The van der Waals surface area contributed by atoms with Crippen molar-refractivity contribution in [3.05, 3.63) is 34.9 Å². The molecular formula is C41H70O10. The van der Waals surface area contributed by atoms with Gasteiger partial charge in [-0.15, -0.1) is 0 Å². The number of aliphatic carboxylic acids is 1. The van der Waals surface area contributed by atoms with Crippen LogP contribution in [0, 0.1) is 17.8 Å². The van der Waals surface area contributed by atoms with Crippen molar-refractivity contribution in [3.63, 3.8) is 0 Å². The highest BCUT2D eigenvalue weighted by atomic mass is 16.6. The number of Topliss-reactive ketones (excluding diaryl/α,β-unsaturated/α-hetero) is 2. The summed E-state index contributed by atoms with van der Waals surface area (Å²) in [6.45, 7) is 22.9. The van der Waals surface area contributed by atoms with E-state index in [2.05, 4.69) is 71.4 Å². The molecule has 0 aromatic heterocycles. The Hall–Kier alpha value is -3.56. The number of allylic oxidation sites excluding steroid dienone is 6. The zero-order valence-electron chi connectivity index (χ0n) is 33.7. The van der Waals surface area contributed by atoms with Gasteiger partial charge in [0.25, 0.3) is 0 Å². The zero-order valence-corrected chi connectivity index (χ0v) is 33.7. The molecule has 0 spiro atoms. The van der Waals surface area contributed by atoms with Crippen LogP contribution in [-0.4, -0.2) is 60.4 Å². The largest absolute Gasteiger partial charge is 0.476 e. The third kappa shape index (κ3) is 32.1. The molecule has 1 N–H and O–H groups in total. The first-order valence-electron chi connectivity index (χ1n) is 18.8. The second kappa shape index (κ2) is 33.6. The fraction of sp³-hybridized carbons (Fsp3) is 0.707. The standard InChI is InChI=1S/C15H26O4.2C13H22O3/c1-5-13(6-2)10-12(4)8-9-19-15(17)11-14(16)18-7-3;1-5-12(6-2)9-10(3)7-8-16-13(15)11(4)14;1-4-11(5-2)9-10(3)7-6-8-12(14)13(15)16/h5,12H,6-11H2,1-4H3;5,10H,6-9H2,1-4H3;9-10H,4-8H2,1-3H3,(H,15,16).